The molecule has 0 aliphatic rings. The Bertz CT molecular complexity index is 357. The number of hydrogen-bond donors (Lipinski definition) is 1. The maximum absolute atomic E-state index is 11.7. The van der Waals surface area contributed by atoms with Crippen molar-refractivity contribution in [2.45, 2.75) is 19.3 Å². The molecule has 0 aliphatic carbocycles. The second-order valence-corrected chi connectivity index (χ2v) is 4.35. The van der Waals surface area contributed by atoms with Gasteiger partial charge in [-0.05, 0) is 18.6 Å². The molecular weight excluding hydrogens is 299 g/mol. The van der Waals surface area contributed by atoms with Crippen LogP contribution >= 0.6 is 15.9 Å². The Hall–Kier alpha value is -0.590. The normalized spacial score (nSPS) is 13.7. The molecule has 0 heterocycles. The van der Waals surface area contributed by atoms with Gasteiger partial charge in [0.25, 0.3) is 0 Å². The lowest BCUT2D eigenvalue weighted by atomic mass is 10.1. The monoisotopic (exact) mass is 311 g/mol. The van der Waals surface area contributed by atoms with Gasteiger partial charge in [0.05, 0.1) is 6.61 Å². The molecule has 1 aromatic carbocycles. The number of ether oxygens (including phenoxy) is 1. The summed E-state index contributed by atoms with van der Waals surface area (Å²) in [5.74, 6) is 0. The maximum Gasteiger partial charge on any atom is 0.522 e. The lowest BCUT2D eigenvalue weighted by Gasteiger charge is -2.16. The predicted octanol–water partition coefficient (Wildman–Crippen LogP) is 3.64. The van der Waals surface area contributed by atoms with E-state index in [1.165, 1.54) is 0 Å². The third kappa shape index (κ3) is 5.52. The number of rotatable bonds is 5. The zero-order chi connectivity index (χ0) is 12.9. The smallest absolute Gasteiger partial charge is 0.308 e. The Morgan fingerprint density at radius 3 is 2.59 bits per heavy atom. The van der Waals surface area contributed by atoms with E-state index in [2.05, 4.69) is 26.0 Å². The van der Waals surface area contributed by atoms with E-state index in [4.69, 9.17) is 0 Å². The summed E-state index contributed by atoms with van der Waals surface area (Å²) in [6, 6.07) is 7.52. The van der Waals surface area contributed by atoms with Crippen molar-refractivity contribution in [1.82, 2.24) is 5.32 Å². The first-order valence-electron chi connectivity index (χ1n) is 5.08. The summed E-state index contributed by atoms with van der Waals surface area (Å²) in [4.78, 5) is 0. The number of hydrogen-bond acceptors (Lipinski definition) is 2. The van der Waals surface area contributed by atoms with E-state index in [1.807, 2.05) is 31.2 Å². The van der Waals surface area contributed by atoms with E-state index in [0.29, 0.717) is 0 Å². The van der Waals surface area contributed by atoms with Crippen LogP contribution in [-0.4, -0.2) is 19.5 Å². The van der Waals surface area contributed by atoms with E-state index >= 15 is 0 Å². The fraction of sp³-hybridized carbons (Fsp3) is 0.455. The summed E-state index contributed by atoms with van der Waals surface area (Å²) in [7, 11) is 0. The first-order chi connectivity index (χ1) is 7.90. The SMILES string of the molecule is C[C@H](NCCOC(F)(F)F)c1ccccc1Br. The highest BCUT2D eigenvalue weighted by Crippen LogP contribution is 2.22. The van der Waals surface area contributed by atoms with Crippen LogP contribution in [0.2, 0.25) is 0 Å². The minimum Gasteiger partial charge on any atom is -0.308 e. The molecule has 1 aromatic rings. The van der Waals surface area contributed by atoms with Gasteiger partial charge in [-0.25, -0.2) is 0 Å². The van der Waals surface area contributed by atoms with Gasteiger partial charge in [0.2, 0.25) is 0 Å². The second kappa shape index (κ2) is 6.37. The molecule has 0 amide bonds. The highest BCUT2D eigenvalue weighted by molar-refractivity contribution is 9.10. The summed E-state index contributed by atoms with van der Waals surface area (Å²) in [5, 5.41) is 2.96. The highest BCUT2D eigenvalue weighted by Gasteiger charge is 2.28. The highest BCUT2D eigenvalue weighted by atomic mass is 79.9. The average molecular weight is 312 g/mol. The largest absolute Gasteiger partial charge is 0.522 e. The van der Waals surface area contributed by atoms with Crippen molar-refractivity contribution in [3.63, 3.8) is 0 Å². The lowest BCUT2D eigenvalue weighted by molar-refractivity contribution is -0.323. The summed E-state index contributed by atoms with van der Waals surface area (Å²) in [6.45, 7) is 1.63. The Labute approximate surface area is 106 Å². The molecule has 1 N–H and O–H groups in total. The maximum atomic E-state index is 11.7. The number of benzene rings is 1. The molecule has 0 fully saturated rings. The summed E-state index contributed by atoms with van der Waals surface area (Å²) in [5.41, 5.74) is 1.000. The van der Waals surface area contributed by atoms with Crippen molar-refractivity contribution in [3.8, 4) is 0 Å². The van der Waals surface area contributed by atoms with Crippen LogP contribution in [-0.2, 0) is 4.74 Å². The van der Waals surface area contributed by atoms with Gasteiger partial charge in [-0.1, -0.05) is 34.1 Å². The van der Waals surface area contributed by atoms with Crippen LogP contribution in [0.4, 0.5) is 13.2 Å². The second-order valence-electron chi connectivity index (χ2n) is 3.49. The van der Waals surface area contributed by atoms with E-state index < -0.39 is 13.0 Å². The van der Waals surface area contributed by atoms with Crippen LogP contribution < -0.4 is 5.32 Å². The molecular formula is C11H13BrF3NO. The fourth-order valence-electron chi connectivity index (χ4n) is 1.38. The Balaban J connectivity index is 2.36. The van der Waals surface area contributed by atoms with Gasteiger partial charge in [0.15, 0.2) is 0 Å². The quantitative estimate of drug-likeness (QED) is 0.838. The molecule has 0 radical (unpaired) electrons. The van der Waals surface area contributed by atoms with E-state index in [1.54, 1.807) is 0 Å². The van der Waals surface area contributed by atoms with Crippen molar-refractivity contribution in [1.29, 1.82) is 0 Å². The van der Waals surface area contributed by atoms with Crippen molar-refractivity contribution >= 4 is 15.9 Å². The first-order valence-corrected chi connectivity index (χ1v) is 5.88. The van der Waals surface area contributed by atoms with Gasteiger partial charge < -0.3 is 5.32 Å². The number of halogens is 4. The van der Waals surface area contributed by atoms with Gasteiger partial charge in [-0.3, -0.25) is 4.74 Å². The molecule has 96 valence electrons. The van der Waals surface area contributed by atoms with Gasteiger partial charge >= 0.3 is 6.36 Å². The van der Waals surface area contributed by atoms with Crippen molar-refractivity contribution in [2.24, 2.45) is 0 Å². The lowest BCUT2D eigenvalue weighted by Crippen LogP contribution is -2.26. The zero-order valence-corrected chi connectivity index (χ0v) is 10.8. The van der Waals surface area contributed by atoms with Gasteiger partial charge in [-0.2, -0.15) is 0 Å². The van der Waals surface area contributed by atoms with Crippen molar-refractivity contribution < 1.29 is 17.9 Å². The van der Waals surface area contributed by atoms with E-state index in [0.717, 1.165) is 10.0 Å². The van der Waals surface area contributed by atoms with Crippen LogP contribution in [0.3, 0.4) is 0 Å². The molecule has 2 nitrogen and oxygen atoms in total. The Kier molecular flexibility index (Phi) is 5.42. The van der Waals surface area contributed by atoms with Crippen LogP contribution in [0, 0.1) is 0 Å². The van der Waals surface area contributed by atoms with Gasteiger partial charge in [0, 0.05) is 17.1 Å². The number of alkyl halides is 3. The van der Waals surface area contributed by atoms with Gasteiger partial charge in [-0.15, -0.1) is 13.2 Å². The van der Waals surface area contributed by atoms with Crippen LogP contribution in [0.1, 0.15) is 18.5 Å². The fourth-order valence-corrected chi connectivity index (χ4v) is 2.01. The Morgan fingerprint density at radius 2 is 2.00 bits per heavy atom. The van der Waals surface area contributed by atoms with Crippen LogP contribution in [0.25, 0.3) is 0 Å². The summed E-state index contributed by atoms with van der Waals surface area (Å²) < 4.78 is 39.7. The summed E-state index contributed by atoms with van der Waals surface area (Å²) >= 11 is 3.39. The topological polar surface area (TPSA) is 21.3 Å². The molecule has 1 atom stereocenters. The molecule has 1 rings (SSSR count). The predicted molar refractivity (Wildman–Crippen MR) is 62.6 cm³/mol. The number of nitrogens with one attached hydrogen (secondary N) is 1. The zero-order valence-electron chi connectivity index (χ0n) is 9.22. The Morgan fingerprint density at radius 1 is 1.35 bits per heavy atom. The van der Waals surface area contributed by atoms with Crippen molar-refractivity contribution in [3.05, 3.63) is 34.3 Å². The first kappa shape index (κ1) is 14.5. The average Bonchev–Trinajstić information content (AvgIpc) is 2.23. The minimum absolute atomic E-state index is 0.0394. The third-order valence-corrected chi connectivity index (χ3v) is 2.91. The molecule has 0 aliphatic heterocycles. The molecule has 0 unspecified atom stereocenters. The standard InChI is InChI=1S/C11H13BrF3NO/c1-8(9-4-2-3-5-10(9)12)16-6-7-17-11(13,14)15/h2-5,8,16H,6-7H2,1H3/t8-/m0/s1. The van der Waals surface area contributed by atoms with Gasteiger partial charge in [0.1, 0.15) is 0 Å². The minimum atomic E-state index is -4.56. The van der Waals surface area contributed by atoms with Crippen LogP contribution in [0.5, 0.6) is 0 Å². The van der Waals surface area contributed by atoms with Crippen molar-refractivity contribution in [2.75, 3.05) is 13.2 Å². The van der Waals surface area contributed by atoms with E-state index in [9.17, 15) is 13.2 Å². The summed E-state index contributed by atoms with van der Waals surface area (Å²) in [6.07, 6.45) is -4.56. The molecule has 6 heteroatoms. The molecule has 0 spiro atoms. The molecule has 0 saturated heterocycles. The van der Waals surface area contributed by atoms with E-state index in [-0.39, 0.29) is 12.6 Å². The molecule has 17 heavy (non-hydrogen) atoms. The molecule has 0 aromatic heterocycles. The van der Waals surface area contributed by atoms with Crippen LogP contribution in [0.15, 0.2) is 28.7 Å². The third-order valence-electron chi connectivity index (χ3n) is 2.19. The molecule has 0 bridgehead atoms. The molecule has 0 saturated carbocycles.